The molecule has 0 aromatic carbocycles. The molecule has 0 heterocycles. The number of hydrogen-bond acceptors (Lipinski definition) is 1. The molecule has 2 nitrogen and oxygen atoms in total. The Morgan fingerprint density at radius 2 is 1.24 bits per heavy atom. The molecule has 1 amide bonds. The van der Waals surface area contributed by atoms with Crippen molar-refractivity contribution in [3.63, 3.8) is 0 Å². The molecule has 0 rings (SSSR count). The third kappa shape index (κ3) is 3.49. The summed E-state index contributed by atoms with van der Waals surface area (Å²) in [5.41, 5.74) is -1.22. The summed E-state index contributed by atoms with van der Waals surface area (Å²) in [5.74, 6) is -2.19. The minimum absolute atomic E-state index is 1.22. The summed E-state index contributed by atoms with van der Waals surface area (Å²) < 4.78 is 69.8. The fourth-order valence-corrected chi connectivity index (χ4v) is 0.944. The molecule has 0 radical (unpaired) electrons. The van der Waals surface area contributed by atoms with Crippen LogP contribution in [0.15, 0.2) is 0 Å². The molecule has 17 heavy (non-hydrogen) atoms. The number of amides is 1. The van der Waals surface area contributed by atoms with Gasteiger partial charge in [-0.15, -0.1) is 0 Å². The summed E-state index contributed by atoms with van der Waals surface area (Å²) in [7, 11) is 0. The topological polar surface area (TPSA) is 29.1 Å². The van der Waals surface area contributed by atoms with Gasteiger partial charge >= 0.3 is 12.4 Å². The lowest BCUT2D eigenvalue weighted by atomic mass is 10.0. The first-order valence-corrected chi connectivity index (χ1v) is 5.07. The summed E-state index contributed by atoms with van der Waals surface area (Å²) in [6.07, 6.45) is -11.6. The van der Waals surface area contributed by atoms with Crippen molar-refractivity contribution in [3.05, 3.63) is 0 Å². The number of alkyl halides is 7. The van der Waals surface area contributed by atoms with Crippen LogP contribution in [0.25, 0.3) is 0 Å². The predicted octanol–water partition coefficient (Wildman–Crippen LogP) is 3.16. The van der Waals surface area contributed by atoms with E-state index in [0.717, 1.165) is 0 Å². The molecule has 0 unspecified atom stereocenters. The van der Waals surface area contributed by atoms with E-state index in [2.05, 4.69) is 0 Å². The lowest BCUT2D eigenvalue weighted by Gasteiger charge is -2.33. The Morgan fingerprint density at radius 1 is 0.941 bits per heavy atom. The lowest BCUT2D eigenvalue weighted by molar-refractivity contribution is -0.255. The van der Waals surface area contributed by atoms with Crippen molar-refractivity contribution in [3.8, 4) is 0 Å². The van der Waals surface area contributed by atoms with Gasteiger partial charge < -0.3 is 5.32 Å². The van der Waals surface area contributed by atoms with Crippen LogP contribution in [0.4, 0.5) is 26.3 Å². The van der Waals surface area contributed by atoms with Gasteiger partial charge in [-0.25, -0.2) is 0 Å². The van der Waals surface area contributed by atoms with Crippen molar-refractivity contribution >= 4 is 21.8 Å². The highest BCUT2D eigenvalue weighted by Gasteiger charge is 2.74. The van der Waals surface area contributed by atoms with Gasteiger partial charge in [0.2, 0.25) is 0 Å². The number of hydrogen-bond donors (Lipinski definition) is 1. The van der Waals surface area contributed by atoms with Crippen molar-refractivity contribution in [2.24, 2.45) is 0 Å². The first-order valence-electron chi connectivity index (χ1n) is 4.28. The van der Waals surface area contributed by atoms with Gasteiger partial charge in [-0.05, 0) is 20.8 Å². The summed E-state index contributed by atoms with van der Waals surface area (Å²) in [6.45, 7) is 3.81. The molecule has 0 spiro atoms. The van der Waals surface area contributed by atoms with Crippen LogP contribution in [-0.4, -0.2) is 28.1 Å². The van der Waals surface area contributed by atoms with Crippen LogP contribution < -0.4 is 5.32 Å². The Bertz CT molecular complexity index is 289. The van der Waals surface area contributed by atoms with Crippen molar-refractivity contribution < 1.29 is 31.1 Å². The van der Waals surface area contributed by atoms with Gasteiger partial charge in [-0.1, -0.05) is 15.9 Å². The molecule has 0 aliphatic carbocycles. The zero-order chi connectivity index (χ0) is 14.3. The fraction of sp³-hybridized carbons (Fsp3) is 0.875. The lowest BCUT2D eigenvalue weighted by Crippen LogP contribution is -2.63. The van der Waals surface area contributed by atoms with Crippen LogP contribution in [0.5, 0.6) is 0 Å². The quantitative estimate of drug-likeness (QED) is 0.581. The molecule has 0 aromatic rings. The molecular weight excluding hydrogens is 320 g/mol. The van der Waals surface area contributed by atoms with Gasteiger partial charge in [0.1, 0.15) is 0 Å². The van der Waals surface area contributed by atoms with Crippen LogP contribution in [0.2, 0.25) is 0 Å². The summed E-state index contributed by atoms with van der Waals surface area (Å²) in [6, 6.07) is 0. The third-order valence-corrected chi connectivity index (χ3v) is 2.84. The standard InChI is InChI=1S/C8H10BrF6NO/c1-5(2,3)16-4(17)6(9,7(10,11)12)8(13,14)15/h1-3H3,(H,16,17). The third-order valence-electron chi connectivity index (χ3n) is 1.58. The molecule has 0 aliphatic heterocycles. The van der Waals surface area contributed by atoms with Crippen LogP contribution in [0, 0.1) is 0 Å². The van der Waals surface area contributed by atoms with E-state index in [1.807, 2.05) is 0 Å². The second-order valence-electron chi connectivity index (χ2n) is 4.36. The van der Waals surface area contributed by atoms with Crippen molar-refractivity contribution in [2.45, 2.75) is 43.0 Å². The van der Waals surface area contributed by atoms with E-state index in [1.54, 1.807) is 5.32 Å². The maximum absolute atomic E-state index is 12.4. The highest BCUT2D eigenvalue weighted by atomic mass is 79.9. The normalized spacial score (nSPS) is 14.7. The molecule has 0 saturated carbocycles. The Kier molecular flexibility index (Phi) is 4.21. The van der Waals surface area contributed by atoms with Gasteiger partial charge in [-0.2, -0.15) is 26.3 Å². The monoisotopic (exact) mass is 329 g/mol. The second-order valence-corrected chi connectivity index (χ2v) is 5.55. The van der Waals surface area contributed by atoms with Gasteiger partial charge in [0.05, 0.1) is 0 Å². The molecule has 0 aliphatic rings. The van der Waals surface area contributed by atoms with Crippen LogP contribution in [0.1, 0.15) is 20.8 Å². The zero-order valence-corrected chi connectivity index (χ0v) is 10.6. The van der Waals surface area contributed by atoms with E-state index in [9.17, 15) is 31.1 Å². The van der Waals surface area contributed by atoms with Gasteiger partial charge in [0, 0.05) is 5.54 Å². The van der Waals surface area contributed by atoms with Crippen molar-refractivity contribution in [1.29, 1.82) is 0 Å². The molecule has 0 aromatic heterocycles. The average Bonchev–Trinajstić information content (AvgIpc) is 1.94. The number of rotatable bonds is 1. The highest BCUT2D eigenvalue weighted by Crippen LogP contribution is 2.49. The van der Waals surface area contributed by atoms with Crippen molar-refractivity contribution in [2.75, 3.05) is 0 Å². The maximum atomic E-state index is 12.4. The minimum atomic E-state index is -5.79. The molecule has 102 valence electrons. The predicted molar refractivity (Wildman–Crippen MR) is 51.7 cm³/mol. The molecule has 0 bridgehead atoms. The Labute approximate surface area is 102 Å². The molecule has 0 atom stereocenters. The van der Waals surface area contributed by atoms with E-state index < -0.39 is 28.1 Å². The summed E-state index contributed by atoms with van der Waals surface area (Å²) >= 11 is 1.48. The number of carbonyl (C=O) groups excluding carboxylic acids is 1. The average molecular weight is 330 g/mol. The van der Waals surface area contributed by atoms with E-state index in [-0.39, 0.29) is 0 Å². The van der Waals surface area contributed by atoms with E-state index >= 15 is 0 Å². The summed E-state index contributed by atoms with van der Waals surface area (Å²) in [4.78, 5) is 11.2. The number of nitrogens with one attached hydrogen (secondary N) is 1. The van der Waals surface area contributed by atoms with Gasteiger partial charge in [0.15, 0.2) is 0 Å². The second kappa shape index (κ2) is 4.33. The number of halogens is 7. The molecular formula is C8H10BrF6NO. The Balaban J connectivity index is 5.46. The molecule has 9 heteroatoms. The summed E-state index contributed by atoms with van der Waals surface area (Å²) in [5, 5.41) is 1.65. The van der Waals surface area contributed by atoms with Crippen LogP contribution >= 0.6 is 15.9 Å². The van der Waals surface area contributed by atoms with E-state index in [0.29, 0.717) is 0 Å². The molecule has 0 saturated heterocycles. The Hall–Kier alpha value is -0.470. The van der Waals surface area contributed by atoms with Gasteiger partial charge in [0.25, 0.3) is 10.2 Å². The molecule has 1 N–H and O–H groups in total. The highest BCUT2D eigenvalue weighted by molar-refractivity contribution is 9.10. The molecule has 0 fully saturated rings. The van der Waals surface area contributed by atoms with E-state index in [1.165, 1.54) is 36.7 Å². The number of carbonyl (C=O) groups is 1. The first-order chi connectivity index (χ1) is 7.13. The van der Waals surface area contributed by atoms with E-state index in [4.69, 9.17) is 0 Å². The smallest absolute Gasteiger partial charge is 0.350 e. The minimum Gasteiger partial charge on any atom is -0.350 e. The first kappa shape index (κ1) is 16.5. The Morgan fingerprint density at radius 3 is 1.41 bits per heavy atom. The fourth-order valence-electron chi connectivity index (χ4n) is 0.845. The van der Waals surface area contributed by atoms with Crippen LogP contribution in [-0.2, 0) is 4.79 Å². The maximum Gasteiger partial charge on any atom is 0.421 e. The zero-order valence-electron chi connectivity index (χ0n) is 9.05. The van der Waals surface area contributed by atoms with Crippen LogP contribution in [0.3, 0.4) is 0 Å². The van der Waals surface area contributed by atoms with Crippen molar-refractivity contribution in [1.82, 2.24) is 5.32 Å². The van der Waals surface area contributed by atoms with Gasteiger partial charge in [-0.3, -0.25) is 4.79 Å². The SMILES string of the molecule is CC(C)(C)NC(=O)C(Br)(C(F)(F)F)C(F)(F)F. The largest absolute Gasteiger partial charge is 0.421 e.